The molecule has 2 amide bonds. The summed E-state index contributed by atoms with van der Waals surface area (Å²) in [6, 6.07) is 2.79. The third-order valence-corrected chi connectivity index (χ3v) is 5.80. The topological polar surface area (TPSA) is 135 Å². The Bertz CT molecular complexity index is 961. The van der Waals surface area contributed by atoms with Gasteiger partial charge in [0.15, 0.2) is 5.76 Å². The van der Waals surface area contributed by atoms with Crippen LogP contribution in [0.4, 0.5) is 5.88 Å². The number of aromatic nitrogens is 1. The van der Waals surface area contributed by atoms with Crippen molar-refractivity contribution in [2.45, 2.75) is 38.5 Å². The van der Waals surface area contributed by atoms with Gasteiger partial charge < -0.3 is 19.4 Å². The number of carbonyl (C=O) groups is 2. The Morgan fingerprint density at radius 1 is 1.24 bits per heavy atom. The van der Waals surface area contributed by atoms with Gasteiger partial charge in [0.2, 0.25) is 28.9 Å². The van der Waals surface area contributed by atoms with E-state index in [2.05, 4.69) is 15.8 Å². The maximum absolute atomic E-state index is 12.6. The lowest BCUT2D eigenvalue weighted by molar-refractivity contribution is -0.125. The first-order chi connectivity index (χ1) is 13.8. The molecule has 0 aromatic carbocycles. The molecule has 10 heteroatoms. The lowest BCUT2D eigenvalue weighted by Gasteiger charge is -2.35. The summed E-state index contributed by atoms with van der Waals surface area (Å²) >= 11 is 1.74. The van der Waals surface area contributed by atoms with E-state index in [0.717, 1.165) is 11.5 Å². The number of anilines is 1. The largest absolute Gasteiger partial charge is 0.502 e. The monoisotopic (exact) mass is 421 g/mol. The van der Waals surface area contributed by atoms with Crippen molar-refractivity contribution in [3.05, 3.63) is 39.6 Å². The minimum Gasteiger partial charge on any atom is -0.502 e. The lowest BCUT2D eigenvalue weighted by atomic mass is 9.75. The smallest absolute Gasteiger partial charge is 0.246 e. The van der Waals surface area contributed by atoms with Gasteiger partial charge in [-0.25, -0.2) is 0 Å². The van der Waals surface area contributed by atoms with E-state index in [-0.39, 0.29) is 30.5 Å². The standard InChI is InChI=1S/C19H23N3O6S/c1-11-7-16(28-22-11)21-15(25)10-20-14(24)9-19(3-5-29-6-4-19)18-17(26)13(23)8-12(2)27-18/h7-8,26H,3-6,9-10H2,1-2H3,(H,20,24)(H,21,25). The second-order valence-corrected chi connectivity index (χ2v) is 8.35. The maximum atomic E-state index is 12.6. The van der Waals surface area contributed by atoms with E-state index in [4.69, 9.17) is 8.94 Å². The van der Waals surface area contributed by atoms with Crippen LogP contribution in [0.5, 0.6) is 5.75 Å². The number of carbonyl (C=O) groups excluding carboxylic acids is 2. The van der Waals surface area contributed by atoms with Gasteiger partial charge in [-0.3, -0.25) is 19.7 Å². The molecule has 0 radical (unpaired) electrons. The molecule has 0 bridgehead atoms. The highest BCUT2D eigenvalue weighted by Crippen LogP contribution is 2.43. The van der Waals surface area contributed by atoms with E-state index in [0.29, 0.717) is 24.3 Å². The molecule has 1 aliphatic rings. The SMILES string of the molecule is Cc1cc(NC(=O)CNC(=O)CC2(c3oc(C)cc(=O)c3O)CCSCC2)on1. The molecule has 1 aliphatic heterocycles. The number of nitrogens with one attached hydrogen (secondary N) is 2. The lowest BCUT2D eigenvalue weighted by Crippen LogP contribution is -2.40. The van der Waals surface area contributed by atoms with Crippen LogP contribution in [0.1, 0.15) is 36.5 Å². The zero-order valence-corrected chi connectivity index (χ0v) is 17.1. The highest BCUT2D eigenvalue weighted by atomic mass is 32.2. The van der Waals surface area contributed by atoms with Gasteiger partial charge >= 0.3 is 0 Å². The van der Waals surface area contributed by atoms with Crippen LogP contribution < -0.4 is 16.1 Å². The van der Waals surface area contributed by atoms with Crippen LogP contribution in [0.3, 0.4) is 0 Å². The van der Waals surface area contributed by atoms with Gasteiger partial charge in [-0.2, -0.15) is 11.8 Å². The van der Waals surface area contributed by atoms with E-state index in [9.17, 15) is 19.5 Å². The number of hydrogen-bond donors (Lipinski definition) is 3. The van der Waals surface area contributed by atoms with Crippen LogP contribution in [0.2, 0.25) is 0 Å². The first-order valence-corrected chi connectivity index (χ1v) is 10.4. The number of nitrogens with zero attached hydrogens (tertiary/aromatic N) is 1. The number of amides is 2. The fourth-order valence-corrected chi connectivity index (χ4v) is 4.64. The van der Waals surface area contributed by atoms with Crippen LogP contribution in [0, 0.1) is 13.8 Å². The first kappa shape index (κ1) is 21.0. The Kier molecular flexibility index (Phi) is 6.31. The van der Waals surface area contributed by atoms with E-state index in [1.54, 1.807) is 31.7 Å². The summed E-state index contributed by atoms with van der Waals surface area (Å²) in [6.45, 7) is 3.11. The molecule has 9 nitrogen and oxygen atoms in total. The Balaban J connectivity index is 1.69. The number of aryl methyl sites for hydroxylation is 2. The second kappa shape index (κ2) is 8.73. The van der Waals surface area contributed by atoms with Crippen LogP contribution in [0.15, 0.2) is 25.9 Å². The van der Waals surface area contributed by atoms with Gasteiger partial charge in [0.1, 0.15) is 5.76 Å². The summed E-state index contributed by atoms with van der Waals surface area (Å²) in [5.74, 6) is 1.01. The number of hydrogen-bond acceptors (Lipinski definition) is 8. The molecule has 0 unspecified atom stereocenters. The molecule has 0 saturated carbocycles. The van der Waals surface area contributed by atoms with Gasteiger partial charge in [-0.1, -0.05) is 5.16 Å². The quantitative estimate of drug-likeness (QED) is 0.643. The molecule has 3 heterocycles. The highest BCUT2D eigenvalue weighted by Gasteiger charge is 2.41. The number of thioether (sulfide) groups is 1. The van der Waals surface area contributed by atoms with Crippen molar-refractivity contribution in [3.63, 3.8) is 0 Å². The molecular formula is C19H23N3O6S. The summed E-state index contributed by atoms with van der Waals surface area (Å²) in [6.07, 6.45) is 1.16. The van der Waals surface area contributed by atoms with Gasteiger partial charge in [0.25, 0.3) is 0 Å². The maximum Gasteiger partial charge on any atom is 0.246 e. The number of aromatic hydroxyl groups is 1. The van der Waals surface area contributed by atoms with Crippen molar-refractivity contribution in [2.24, 2.45) is 0 Å². The summed E-state index contributed by atoms with van der Waals surface area (Å²) in [5.41, 5.74) is -0.687. The van der Waals surface area contributed by atoms with Crippen molar-refractivity contribution < 1.29 is 23.6 Å². The fraction of sp³-hybridized carbons (Fsp3) is 0.474. The van der Waals surface area contributed by atoms with Gasteiger partial charge in [0, 0.05) is 24.0 Å². The Labute approximate surface area is 171 Å². The molecule has 2 aromatic rings. The molecule has 29 heavy (non-hydrogen) atoms. The van der Waals surface area contributed by atoms with Gasteiger partial charge in [-0.15, -0.1) is 0 Å². The zero-order valence-electron chi connectivity index (χ0n) is 16.2. The molecule has 0 atom stereocenters. The van der Waals surface area contributed by atoms with Crippen LogP contribution in [-0.4, -0.2) is 40.1 Å². The Morgan fingerprint density at radius 3 is 2.62 bits per heavy atom. The Hall–Kier alpha value is -2.75. The molecule has 1 saturated heterocycles. The summed E-state index contributed by atoms with van der Waals surface area (Å²) in [7, 11) is 0. The molecule has 0 spiro atoms. The summed E-state index contributed by atoms with van der Waals surface area (Å²) < 4.78 is 10.6. The molecule has 3 rings (SSSR count). The van der Waals surface area contributed by atoms with Crippen LogP contribution >= 0.6 is 11.8 Å². The minimum atomic E-state index is -0.789. The summed E-state index contributed by atoms with van der Waals surface area (Å²) in [4.78, 5) is 36.6. The molecular weight excluding hydrogens is 398 g/mol. The predicted molar refractivity (Wildman–Crippen MR) is 107 cm³/mol. The third-order valence-electron chi connectivity index (χ3n) is 4.81. The van der Waals surface area contributed by atoms with Crippen LogP contribution in [-0.2, 0) is 15.0 Å². The van der Waals surface area contributed by atoms with E-state index in [1.165, 1.54) is 6.07 Å². The zero-order chi connectivity index (χ0) is 21.0. The average molecular weight is 421 g/mol. The molecule has 0 aliphatic carbocycles. The molecule has 2 aromatic heterocycles. The van der Waals surface area contributed by atoms with E-state index >= 15 is 0 Å². The van der Waals surface area contributed by atoms with Gasteiger partial charge in [-0.05, 0) is 38.2 Å². The first-order valence-electron chi connectivity index (χ1n) is 9.21. The molecule has 156 valence electrons. The minimum absolute atomic E-state index is 0.00219. The van der Waals surface area contributed by atoms with Gasteiger partial charge in [0.05, 0.1) is 12.2 Å². The van der Waals surface area contributed by atoms with E-state index in [1.807, 2.05) is 0 Å². The van der Waals surface area contributed by atoms with E-state index < -0.39 is 22.5 Å². The highest BCUT2D eigenvalue weighted by molar-refractivity contribution is 7.99. The van der Waals surface area contributed by atoms with Crippen molar-refractivity contribution in [3.8, 4) is 5.75 Å². The Morgan fingerprint density at radius 2 is 1.97 bits per heavy atom. The second-order valence-electron chi connectivity index (χ2n) is 7.13. The van der Waals surface area contributed by atoms with Crippen molar-refractivity contribution in [2.75, 3.05) is 23.4 Å². The summed E-state index contributed by atoms with van der Waals surface area (Å²) in [5, 5.41) is 19.1. The van der Waals surface area contributed by atoms with Crippen molar-refractivity contribution >= 4 is 29.5 Å². The van der Waals surface area contributed by atoms with Crippen molar-refractivity contribution in [1.82, 2.24) is 10.5 Å². The predicted octanol–water partition coefficient (Wildman–Crippen LogP) is 1.86. The fourth-order valence-electron chi connectivity index (χ4n) is 3.36. The average Bonchev–Trinajstić information content (AvgIpc) is 3.08. The van der Waals surface area contributed by atoms with Crippen molar-refractivity contribution in [1.29, 1.82) is 0 Å². The third kappa shape index (κ3) is 5.00. The molecule has 1 fully saturated rings. The molecule has 3 N–H and O–H groups in total. The normalized spacial score (nSPS) is 15.7. The van der Waals surface area contributed by atoms with Crippen LogP contribution in [0.25, 0.3) is 0 Å². The number of rotatable bonds is 6.